The zero-order chi connectivity index (χ0) is 13.7. The molecule has 0 aliphatic carbocycles. The Morgan fingerprint density at radius 2 is 2.21 bits per heavy atom. The number of esters is 1. The summed E-state index contributed by atoms with van der Waals surface area (Å²) in [6, 6.07) is 8.08. The molecule has 0 amide bonds. The van der Waals surface area contributed by atoms with Crippen LogP contribution in [0.4, 0.5) is 0 Å². The van der Waals surface area contributed by atoms with E-state index in [0.29, 0.717) is 19.6 Å². The molecular formula is C16H20O3. The van der Waals surface area contributed by atoms with E-state index < -0.39 is 0 Å². The first-order valence-corrected chi connectivity index (χ1v) is 6.66. The highest BCUT2D eigenvalue weighted by atomic mass is 16.5. The van der Waals surface area contributed by atoms with Crippen LogP contribution in [-0.2, 0) is 26.1 Å². The van der Waals surface area contributed by atoms with Crippen LogP contribution in [0.1, 0.15) is 24.5 Å². The molecule has 1 fully saturated rings. The Bertz CT molecular complexity index is 442. The Morgan fingerprint density at radius 3 is 2.74 bits per heavy atom. The molecule has 19 heavy (non-hydrogen) atoms. The molecule has 3 nitrogen and oxygen atoms in total. The van der Waals surface area contributed by atoms with Crippen LogP contribution in [-0.4, -0.2) is 25.8 Å². The maximum Gasteiger partial charge on any atom is 0.310 e. The molecule has 0 spiro atoms. The fourth-order valence-electron chi connectivity index (χ4n) is 2.42. The maximum absolute atomic E-state index is 11.4. The summed E-state index contributed by atoms with van der Waals surface area (Å²) >= 11 is 0. The van der Waals surface area contributed by atoms with E-state index in [0.717, 1.165) is 18.6 Å². The van der Waals surface area contributed by atoms with Gasteiger partial charge in [0.15, 0.2) is 0 Å². The lowest BCUT2D eigenvalue weighted by atomic mass is 9.80. The molecule has 1 aromatic carbocycles. The average Bonchev–Trinajstić information content (AvgIpc) is 2.90. The molecular weight excluding hydrogens is 240 g/mol. The van der Waals surface area contributed by atoms with Gasteiger partial charge in [-0.15, -0.1) is 6.58 Å². The van der Waals surface area contributed by atoms with Crippen molar-refractivity contribution in [1.82, 2.24) is 0 Å². The lowest BCUT2D eigenvalue weighted by Crippen LogP contribution is -2.23. The highest BCUT2D eigenvalue weighted by Gasteiger charge is 2.33. The van der Waals surface area contributed by atoms with Gasteiger partial charge in [-0.1, -0.05) is 30.3 Å². The van der Waals surface area contributed by atoms with E-state index in [-0.39, 0.29) is 11.4 Å². The Labute approximate surface area is 114 Å². The molecule has 1 aliphatic rings. The second-order valence-corrected chi connectivity index (χ2v) is 4.84. The SMILES string of the molecule is C=CC1(c2ccc(CC(=O)OCC)cc2)CCOC1. The second kappa shape index (κ2) is 6.02. The Kier molecular flexibility index (Phi) is 4.38. The maximum atomic E-state index is 11.4. The topological polar surface area (TPSA) is 35.5 Å². The summed E-state index contributed by atoms with van der Waals surface area (Å²) in [5.41, 5.74) is 2.11. The molecule has 1 atom stereocenters. The van der Waals surface area contributed by atoms with Crippen molar-refractivity contribution >= 4 is 5.97 Å². The molecule has 0 bridgehead atoms. The number of rotatable bonds is 5. The summed E-state index contributed by atoms with van der Waals surface area (Å²) in [5, 5.41) is 0. The fraction of sp³-hybridized carbons (Fsp3) is 0.438. The molecule has 0 radical (unpaired) electrons. The van der Waals surface area contributed by atoms with Gasteiger partial charge in [0, 0.05) is 12.0 Å². The van der Waals surface area contributed by atoms with Crippen LogP contribution in [0.15, 0.2) is 36.9 Å². The third-order valence-corrected chi connectivity index (χ3v) is 3.63. The first-order chi connectivity index (χ1) is 9.20. The predicted octanol–water partition coefficient (Wildman–Crippen LogP) is 2.64. The summed E-state index contributed by atoms with van der Waals surface area (Å²) in [6.07, 6.45) is 3.26. The number of benzene rings is 1. The van der Waals surface area contributed by atoms with E-state index in [4.69, 9.17) is 9.47 Å². The number of ether oxygens (including phenoxy) is 2. The predicted molar refractivity (Wildman–Crippen MR) is 74.1 cm³/mol. The number of carbonyl (C=O) groups is 1. The minimum Gasteiger partial charge on any atom is -0.466 e. The van der Waals surface area contributed by atoms with Gasteiger partial charge in [0.1, 0.15) is 0 Å². The summed E-state index contributed by atoms with van der Waals surface area (Å²) in [6.45, 7) is 7.63. The highest BCUT2D eigenvalue weighted by molar-refractivity contribution is 5.72. The molecule has 1 aromatic rings. The van der Waals surface area contributed by atoms with E-state index in [1.165, 1.54) is 5.56 Å². The van der Waals surface area contributed by atoms with Crippen molar-refractivity contribution < 1.29 is 14.3 Å². The Balaban J connectivity index is 2.09. The quantitative estimate of drug-likeness (QED) is 0.603. The normalized spacial score (nSPS) is 22.2. The molecule has 102 valence electrons. The second-order valence-electron chi connectivity index (χ2n) is 4.84. The number of hydrogen-bond acceptors (Lipinski definition) is 3. The highest BCUT2D eigenvalue weighted by Crippen LogP contribution is 2.34. The minimum absolute atomic E-state index is 0.0670. The zero-order valence-corrected chi connectivity index (χ0v) is 11.4. The van der Waals surface area contributed by atoms with Gasteiger partial charge in [0.2, 0.25) is 0 Å². The van der Waals surface area contributed by atoms with Crippen LogP contribution in [0, 0.1) is 0 Å². The first kappa shape index (κ1) is 13.8. The van der Waals surface area contributed by atoms with E-state index >= 15 is 0 Å². The largest absolute Gasteiger partial charge is 0.466 e. The van der Waals surface area contributed by atoms with Gasteiger partial charge in [-0.05, 0) is 24.5 Å². The lowest BCUT2D eigenvalue weighted by molar-refractivity contribution is -0.142. The molecule has 0 aromatic heterocycles. The first-order valence-electron chi connectivity index (χ1n) is 6.66. The van der Waals surface area contributed by atoms with E-state index in [1.54, 1.807) is 0 Å². The van der Waals surface area contributed by atoms with Gasteiger partial charge in [-0.2, -0.15) is 0 Å². The number of carbonyl (C=O) groups excluding carboxylic acids is 1. The van der Waals surface area contributed by atoms with Crippen molar-refractivity contribution in [3.8, 4) is 0 Å². The summed E-state index contributed by atoms with van der Waals surface area (Å²) < 4.78 is 10.4. The zero-order valence-electron chi connectivity index (χ0n) is 11.4. The molecule has 1 saturated heterocycles. The standard InChI is InChI=1S/C16H20O3/c1-3-16(9-10-18-12-16)14-7-5-13(6-8-14)11-15(17)19-4-2/h3,5-8H,1,4,9-12H2,2H3. The molecule has 0 N–H and O–H groups in total. The molecule has 1 heterocycles. The van der Waals surface area contributed by atoms with Crippen LogP contribution in [0.5, 0.6) is 0 Å². The van der Waals surface area contributed by atoms with Crippen molar-refractivity contribution in [1.29, 1.82) is 0 Å². The van der Waals surface area contributed by atoms with Crippen LogP contribution in [0.2, 0.25) is 0 Å². The van der Waals surface area contributed by atoms with E-state index in [9.17, 15) is 4.79 Å². The van der Waals surface area contributed by atoms with Crippen molar-refractivity contribution in [3.05, 3.63) is 48.0 Å². The van der Waals surface area contributed by atoms with Crippen LogP contribution in [0.3, 0.4) is 0 Å². The van der Waals surface area contributed by atoms with Gasteiger partial charge in [0.25, 0.3) is 0 Å². The summed E-state index contributed by atoms with van der Waals surface area (Å²) in [4.78, 5) is 11.4. The number of hydrogen-bond donors (Lipinski definition) is 0. The Morgan fingerprint density at radius 1 is 1.47 bits per heavy atom. The fourth-order valence-corrected chi connectivity index (χ4v) is 2.42. The van der Waals surface area contributed by atoms with Crippen molar-refractivity contribution in [2.24, 2.45) is 0 Å². The van der Waals surface area contributed by atoms with E-state index in [2.05, 4.69) is 18.7 Å². The van der Waals surface area contributed by atoms with Gasteiger partial charge >= 0.3 is 5.97 Å². The van der Waals surface area contributed by atoms with Crippen LogP contribution >= 0.6 is 0 Å². The third-order valence-electron chi connectivity index (χ3n) is 3.63. The van der Waals surface area contributed by atoms with Crippen molar-refractivity contribution in [2.75, 3.05) is 19.8 Å². The Hall–Kier alpha value is -1.61. The summed E-state index contributed by atoms with van der Waals surface area (Å²) in [7, 11) is 0. The molecule has 0 saturated carbocycles. The van der Waals surface area contributed by atoms with Crippen molar-refractivity contribution in [3.63, 3.8) is 0 Å². The van der Waals surface area contributed by atoms with E-state index in [1.807, 2.05) is 25.1 Å². The minimum atomic E-state index is -0.183. The van der Waals surface area contributed by atoms with Gasteiger partial charge in [-0.3, -0.25) is 4.79 Å². The smallest absolute Gasteiger partial charge is 0.310 e. The van der Waals surface area contributed by atoms with Crippen LogP contribution in [0.25, 0.3) is 0 Å². The van der Waals surface area contributed by atoms with Gasteiger partial charge < -0.3 is 9.47 Å². The molecule has 3 heteroatoms. The van der Waals surface area contributed by atoms with Gasteiger partial charge in [0.05, 0.1) is 19.6 Å². The van der Waals surface area contributed by atoms with Crippen molar-refractivity contribution in [2.45, 2.75) is 25.2 Å². The summed E-state index contributed by atoms with van der Waals surface area (Å²) in [5.74, 6) is -0.183. The molecule has 1 unspecified atom stereocenters. The average molecular weight is 260 g/mol. The third kappa shape index (κ3) is 3.04. The lowest BCUT2D eigenvalue weighted by Gasteiger charge is -2.23. The van der Waals surface area contributed by atoms with Gasteiger partial charge in [-0.25, -0.2) is 0 Å². The monoisotopic (exact) mass is 260 g/mol. The van der Waals surface area contributed by atoms with Crippen LogP contribution < -0.4 is 0 Å². The molecule has 2 rings (SSSR count). The molecule has 1 aliphatic heterocycles.